The maximum Gasteiger partial charge on any atom is 0.0403 e. The summed E-state index contributed by atoms with van der Waals surface area (Å²) in [5, 5.41) is 0. The first kappa shape index (κ1) is 17.4. The lowest BCUT2D eigenvalue weighted by molar-refractivity contribution is 0.795. The summed E-state index contributed by atoms with van der Waals surface area (Å²) < 4.78 is 0. The lowest BCUT2D eigenvalue weighted by atomic mass is 9.99. The van der Waals surface area contributed by atoms with Crippen molar-refractivity contribution in [1.29, 1.82) is 0 Å². The Kier molecular flexibility index (Phi) is 6.00. The molecule has 25 heavy (non-hydrogen) atoms. The summed E-state index contributed by atoms with van der Waals surface area (Å²) in [6.07, 6.45) is 7.86. The Bertz CT molecular complexity index is 768. The zero-order valence-electron chi connectivity index (χ0n) is 15.3. The van der Waals surface area contributed by atoms with E-state index in [2.05, 4.69) is 79.5 Å². The molecule has 0 atom stereocenters. The SMILES string of the molecule is CCCCc1ccc(-c2ccc(-c3ccc(CCC)nc3)cc2)cc1. The average molecular weight is 329 g/mol. The monoisotopic (exact) mass is 329 g/mol. The summed E-state index contributed by atoms with van der Waals surface area (Å²) in [6, 6.07) is 22.1. The molecule has 0 unspecified atom stereocenters. The van der Waals surface area contributed by atoms with E-state index in [0.717, 1.165) is 12.8 Å². The summed E-state index contributed by atoms with van der Waals surface area (Å²) >= 11 is 0. The number of benzene rings is 2. The molecule has 128 valence electrons. The molecule has 1 heterocycles. The van der Waals surface area contributed by atoms with Crippen LogP contribution in [0.3, 0.4) is 0 Å². The zero-order valence-corrected chi connectivity index (χ0v) is 15.3. The highest BCUT2D eigenvalue weighted by molar-refractivity contribution is 5.70. The molecular formula is C24H27N. The molecule has 0 amide bonds. The van der Waals surface area contributed by atoms with E-state index in [-0.39, 0.29) is 0 Å². The third-order valence-electron chi connectivity index (χ3n) is 4.66. The average Bonchev–Trinajstić information content (AvgIpc) is 2.68. The van der Waals surface area contributed by atoms with Crippen molar-refractivity contribution in [2.45, 2.75) is 46.0 Å². The standard InChI is InChI=1S/C24H27N/c1-3-5-7-19-8-10-20(11-9-19)21-12-14-22(15-13-21)23-16-17-24(6-4-2)25-18-23/h8-18H,3-7H2,1-2H3. The van der Waals surface area contributed by atoms with Crippen molar-refractivity contribution in [2.75, 3.05) is 0 Å². The van der Waals surface area contributed by atoms with Gasteiger partial charge >= 0.3 is 0 Å². The molecule has 3 aromatic rings. The number of aryl methyl sites for hydroxylation is 2. The molecule has 1 heteroatoms. The molecule has 0 fully saturated rings. The van der Waals surface area contributed by atoms with Gasteiger partial charge in [0.05, 0.1) is 0 Å². The van der Waals surface area contributed by atoms with Gasteiger partial charge < -0.3 is 0 Å². The summed E-state index contributed by atoms with van der Waals surface area (Å²) in [7, 11) is 0. The summed E-state index contributed by atoms with van der Waals surface area (Å²) in [4.78, 5) is 4.56. The first-order valence-corrected chi connectivity index (χ1v) is 9.45. The van der Waals surface area contributed by atoms with Crippen LogP contribution in [0.15, 0.2) is 66.9 Å². The van der Waals surface area contributed by atoms with Gasteiger partial charge in [0.25, 0.3) is 0 Å². The molecule has 0 spiro atoms. The number of nitrogens with zero attached hydrogens (tertiary/aromatic N) is 1. The third kappa shape index (κ3) is 4.57. The fourth-order valence-corrected chi connectivity index (χ4v) is 3.10. The van der Waals surface area contributed by atoms with Crippen LogP contribution in [0.4, 0.5) is 0 Å². The van der Waals surface area contributed by atoms with Gasteiger partial charge in [-0.25, -0.2) is 0 Å². The van der Waals surface area contributed by atoms with E-state index in [4.69, 9.17) is 0 Å². The predicted molar refractivity (Wildman–Crippen MR) is 108 cm³/mol. The molecule has 2 aromatic carbocycles. The van der Waals surface area contributed by atoms with E-state index in [9.17, 15) is 0 Å². The van der Waals surface area contributed by atoms with E-state index in [1.165, 1.54) is 52.8 Å². The van der Waals surface area contributed by atoms with Gasteiger partial charge in [-0.2, -0.15) is 0 Å². The Hall–Kier alpha value is -2.41. The van der Waals surface area contributed by atoms with Gasteiger partial charge in [-0.15, -0.1) is 0 Å². The third-order valence-corrected chi connectivity index (χ3v) is 4.66. The number of rotatable bonds is 7. The molecule has 0 aliphatic carbocycles. The minimum Gasteiger partial charge on any atom is -0.261 e. The van der Waals surface area contributed by atoms with Gasteiger partial charge in [-0.05, 0) is 47.6 Å². The van der Waals surface area contributed by atoms with Crippen LogP contribution in [-0.2, 0) is 12.8 Å². The van der Waals surface area contributed by atoms with Crippen molar-refractivity contribution in [3.63, 3.8) is 0 Å². The van der Waals surface area contributed by atoms with Crippen LogP contribution in [0.1, 0.15) is 44.4 Å². The number of pyridine rings is 1. The van der Waals surface area contributed by atoms with Crippen LogP contribution < -0.4 is 0 Å². The Labute approximate surface area is 151 Å². The highest BCUT2D eigenvalue weighted by Crippen LogP contribution is 2.25. The maximum absolute atomic E-state index is 4.56. The number of unbranched alkanes of at least 4 members (excludes halogenated alkanes) is 1. The van der Waals surface area contributed by atoms with Gasteiger partial charge in [0, 0.05) is 17.5 Å². The second-order valence-corrected chi connectivity index (χ2v) is 6.67. The minimum absolute atomic E-state index is 1.05. The molecule has 0 aliphatic rings. The van der Waals surface area contributed by atoms with Crippen LogP contribution in [0, 0.1) is 0 Å². The quantitative estimate of drug-likeness (QED) is 0.469. The van der Waals surface area contributed by atoms with Crippen molar-refractivity contribution in [3.05, 3.63) is 78.1 Å². The van der Waals surface area contributed by atoms with Gasteiger partial charge in [-0.3, -0.25) is 4.98 Å². The molecule has 0 aliphatic heterocycles. The van der Waals surface area contributed by atoms with Crippen LogP contribution in [0.5, 0.6) is 0 Å². The largest absolute Gasteiger partial charge is 0.261 e. The van der Waals surface area contributed by atoms with E-state index in [1.807, 2.05) is 6.20 Å². The molecule has 0 N–H and O–H groups in total. The summed E-state index contributed by atoms with van der Waals surface area (Å²) in [6.45, 7) is 4.42. The van der Waals surface area contributed by atoms with Gasteiger partial charge in [0.1, 0.15) is 0 Å². The fraction of sp³-hybridized carbons (Fsp3) is 0.292. The summed E-state index contributed by atoms with van der Waals surface area (Å²) in [5.74, 6) is 0. The lowest BCUT2D eigenvalue weighted by Crippen LogP contribution is -1.89. The molecular weight excluding hydrogens is 302 g/mol. The fourth-order valence-electron chi connectivity index (χ4n) is 3.10. The van der Waals surface area contributed by atoms with Crippen molar-refractivity contribution in [3.8, 4) is 22.3 Å². The van der Waals surface area contributed by atoms with Gasteiger partial charge in [-0.1, -0.05) is 81.3 Å². The maximum atomic E-state index is 4.56. The van der Waals surface area contributed by atoms with Crippen molar-refractivity contribution < 1.29 is 0 Å². The highest BCUT2D eigenvalue weighted by Gasteiger charge is 2.02. The molecule has 3 rings (SSSR count). The normalized spacial score (nSPS) is 10.8. The Balaban J connectivity index is 1.73. The minimum atomic E-state index is 1.05. The van der Waals surface area contributed by atoms with Crippen molar-refractivity contribution >= 4 is 0 Å². The topological polar surface area (TPSA) is 12.9 Å². The Morgan fingerprint density at radius 2 is 1.16 bits per heavy atom. The van der Waals surface area contributed by atoms with Crippen LogP contribution >= 0.6 is 0 Å². The first-order valence-electron chi connectivity index (χ1n) is 9.45. The van der Waals surface area contributed by atoms with E-state index >= 15 is 0 Å². The smallest absolute Gasteiger partial charge is 0.0403 e. The second-order valence-electron chi connectivity index (χ2n) is 6.67. The van der Waals surface area contributed by atoms with Crippen molar-refractivity contribution in [1.82, 2.24) is 4.98 Å². The summed E-state index contributed by atoms with van der Waals surface area (Å²) in [5.41, 5.74) is 7.55. The van der Waals surface area contributed by atoms with E-state index in [0.29, 0.717) is 0 Å². The van der Waals surface area contributed by atoms with Gasteiger partial charge in [0.2, 0.25) is 0 Å². The van der Waals surface area contributed by atoms with E-state index < -0.39 is 0 Å². The molecule has 1 nitrogen and oxygen atoms in total. The predicted octanol–water partition coefficient (Wildman–Crippen LogP) is 6.71. The molecule has 0 saturated heterocycles. The van der Waals surface area contributed by atoms with Crippen LogP contribution in [0.25, 0.3) is 22.3 Å². The highest BCUT2D eigenvalue weighted by atomic mass is 14.7. The van der Waals surface area contributed by atoms with E-state index in [1.54, 1.807) is 0 Å². The zero-order chi connectivity index (χ0) is 17.5. The first-order chi connectivity index (χ1) is 12.3. The Morgan fingerprint density at radius 3 is 1.68 bits per heavy atom. The molecule has 0 bridgehead atoms. The number of aromatic nitrogens is 1. The van der Waals surface area contributed by atoms with Crippen LogP contribution in [0.2, 0.25) is 0 Å². The van der Waals surface area contributed by atoms with Crippen LogP contribution in [-0.4, -0.2) is 4.98 Å². The molecule has 0 radical (unpaired) electrons. The molecule has 0 saturated carbocycles. The number of hydrogen-bond donors (Lipinski definition) is 0. The Morgan fingerprint density at radius 1 is 0.600 bits per heavy atom. The molecule has 1 aromatic heterocycles. The lowest BCUT2D eigenvalue weighted by Gasteiger charge is -2.07. The van der Waals surface area contributed by atoms with Gasteiger partial charge in [0.15, 0.2) is 0 Å². The number of hydrogen-bond acceptors (Lipinski definition) is 1. The van der Waals surface area contributed by atoms with Crippen molar-refractivity contribution in [2.24, 2.45) is 0 Å². The second kappa shape index (κ2) is 8.62.